The number of hydrogen-bond acceptors (Lipinski definition) is 4. The molecule has 0 unspecified atom stereocenters. The minimum Gasteiger partial charge on any atom is -0.356 e. The second-order valence-corrected chi connectivity index (χ2v) is 8.27. The van der Waals surface area contributed by atoms with Gasteiger partial charge in [-0.25, -0.2) is 4.98 Å². The van der Waals surface area contributed by atoms with Crippen LogP contribution in [0.4, 0.5) is 0 Å². The van der Waals surface area contributed by atoms with Crippen LogP contribution in [0.5, 0.6) is 0 Å². The number of nitrogens with zero attached hydrogens (tertiary/aromatic N) is 4. The summed E-state index contributed by atoms with van der Waals surface area (Å²) < 4.78 is 2.25. The number of aryl methyl sites for hydroxylation is 2. The van der Waals surface area contributed by atoms with Gasteiger partial charge in [0.25, 0.3) is 5.91 Å². The molecule has 0 aliphatic heterocycles. The monoisotopic (exact) mass is 449 g/mol. The normalized spacial score (nSPS) is 11.7. The van der Waals surface area contributed by atoms with E-state index in [2.05, 4.69) is 36.6 Å². The maximum Gasteiger partial charge on any atom is 0.251 e. The van der Waals surface area contributed by atoms with Crippen molar-refractivity contribution in [2.75, 3.05) is 40.8 Å². The lowest BCUT2D eigenvalue weighted by atomic mass is 10.1. The molecule has 0 aliphatic rings. The van der Waals surface area contributed by atoms with E-state index in [1.165, 1.54) is 5.52 Å². The first-order valence-electron chi connectivity index (χ1n) is 11.4. The maximum atomic E-state index is 12.4. The van der Waals surface area contributed by atoms with E-state index in [4.69, 9.17) is 0 Å². The molecule has 0 fully saturated rings. The number of likely N-dealkylation sites (N-methyl/N-ethyl adjacent to an activating group) is 1. The second kappa shape index (κ2) is 12.0. The molecule has 3 rings (SSSR count). The Labute approximate surface area is 196 Å². The average molecular weight is 450 g/mol. The Balaban J connectivity index is 1.45. The van der Waals surface area contributed by atoms with Crippen molar-refractivity contribution in [1.29, 1.82) is 0 Å². The van der Waals surface area contributed by atoms with Gasteiger partial charge in [-0.2, -0.15) is 0 Å². The molecule has 8 heteroatoms. The van der Waals surface area contributed by atoms with Crippen LogP contribution in [0, 0.1) is 6.92 Å². The zero-order valence-electron chi connectivity index (χ0n) is 20.1. The Bertz CT molecular complexity index is 1090. The van der Waals surface area contributed by atoms with E-state index in [0.29, 0.717) is 18.7 Å². The molecule has 0 aliphatic carbocycles. The number of amides is 1. The molecule has 0 atom stereocenters. The summed E-state index contributed by atoms with van der Waals surface area (Å²) in [4.78, 5) is 23.3. The minimum absolute atomic E-state index is 0.0523. The summed E-state index contributed by atoms with van der Waals surface area (Å²) in [6.45, 7) is 5.75. The molecule has 3 N–H and O–H groups in total. The molecular weight excluding hydrogens is 414 g/mol. The zero-order chi connectivity index (χ0) is 23.6. The molecule has 1 amide bonds. The van der Waals surface area contributed by atoms with Crippen LogP contribution in [0.25, 0.3) is 11.0 Å². The number of carbonyl (C=O) groups excluding carboxylic acids is 1. The lowest BCUT2D eigenvalue weighted by Crippen LogP contribution is -2.37. The van der Waals surface area contributed by atoms with Gasteiger partial charge in [-0.1, -0.05) is 24.3 Å². The number of nitrogens with one attached hydrogen (secondary N) is 3. The number of aromatic nitrogens is 2. The quantitative estimate of drug-likeness (QED) is 0.251. The molecule has 0 spiro atoms. The van der Waals surface area contributed by atoms with Crippen LogP contribution in [0.15, 0.2) is 53.5 Å². The highest BCUT2D eigenvalue weighted by molar-refractivity contribution is 5.94. The van der Waals surface area contributed by atoms with Gasteiger partial charge in [0, 0.05) is 45.3 Å². The largest absolute Gasteiger partial charge is 0.356 e. The summed E-state index contributed by atoms with van der Waals surface area (Å²) in [7, 11) is 5.73. The Hall–Kier alpha value is -3.39. The lowest BCUT2D eigenvalue weighted by Gasteiger charge is -2.14. The van der Waals surface area contributed by atoms with E-state index in [1.807, 2.05) is 68.4 Å². The Morgan fingerprint density at radius 2 is 1.88 bits per heavy atom. The predicted molar refractivity (Wildman–Crippen MR) is 135 cm³/mol. The van der Waals surface area contributed by atoms with Crippen molar-refractivity contribution in [1.82, 2.24) is 30.4 Å². The van der Waals surface area contributed by atoms with Crippen molar-refractivity contribution in [2.24, 2.45) is 4.99 Å². The first kappa shape index (κ1) is 24.3. The SMILES string of the molecule is CN=C(NCCCn1c(C)nc2ccccc21)NCc1cccc(C(=O)NCCN(C)C)c1. The van der Waals surface area contributed by atoms with Gasteiger partial charge in [0.2, 0.25) is 0 Å². The van der Waals surface area contributed by atoms with Crippen LogP contribution in [0.3, 0.4) is 0 Å². The topological polar surface area (TPSA) is 86.6 Å². The lowest BCUT2D eigenvalue weighted by molar-refractivity contribution is 0.0951. The number of benzene rings is 2. The number of carbonyl (C=O) groups is 1. The minimum atomic E-state index is -0.0523. The van der Waals surface area contributed by atoms with Gasteiger partial charge in [0.05, 0.1) is 11.0 Å². The highest BCUT2D eigenvalue weighted by Crippen LogP contribution is 2.15. The number of guanidine groups is 1. The zero-order valence-corrected chi connectivity index (χ0v) is 20.1. The molecular formula is C25H35N7O. The third-order valence-corrected chi connectivity index (χ3v) is 5.41. The molecule has 0 saturated carbocycles. The van der Waals surface area contributed by atoms with E-state index in [0.717, 1.165) is 48.9 Å². The van der Waals surface area contributed by atoms with E-state index >= 15 is 0 Å². The Kier molecular flexibility index (Phi) is 8.83. The van der Waals surface area contributed by atoms with E-state index in [1.54, 1.807) is 7.05 Å². The third-order valence-electron chi connectivity index (χ3n) is 5.41. The van der Waals surface area contributed by atoms with Crippen LogP contribution in [0.1, 0.15) is 28.2 Å². The summed E-state index contributed by atoms with van der Waals surface area (Å²) in [6, 6.07) is 15.9. The number of aliphatic imine (C=N–C) groups is 1. The van der Waals surface area contributed by atoms with Crippen molar-refractivity contribution in [3.05, 3.63) is 65.5 Å². The summed E-state index contributed by atoms with van der Waals surface area (Å²) in [5.74, 6) is 1.72. The smallest absolute Gasteiger partial charge is 0.251 e. The number of para-hydroxylation sites is 2. The van der Waals surface area contributed by atoms with E-state index in [9.17, 15) is 4.79 Å². The second-order valence-electron chi connectivity index (χ2n) is 8.27. The average Bonchev–Trinajstić information content (AvgIpc) is 3.13. The van der Waals surface area contributed by atoms with Gasteiger partial charge >= 0.3 is 0 Å². The molecule has 1 aromatic heterocycles. The summed E-state index contributed by atoms with van der Waals surface area (Å²) >= 11 is 0. The number of rotatable bonds is 10. The molecule has 0 radical (unpaired) electrons. The highest BCUT2D eigenvalue weighted by Gasteiger charge is 2.08. The molecule has 8 nitrogen and oxygen atoms in total. The molecule has 0 bridgehead atoms. The number of hydrogen-bond donors (Lipinski definition) is 3. The fraction of sp³-hybridized carbons (Fsp3) is 0.400. The van der Waals surface area contributed by atoms with Gasteiger partial charge in [-0.15, -0.1) is 0 Å². The Morgan fingerprint density at radius 1 is 1.06 bits per heavy atom. The van der Waals surface area contributed by atoms with Crippen LogP contribution >= 0.6 is 0 Å². The van der Waals surface area contributed by atoms with Crippen LogP contribution in [-0.4, -0.2) is 67.1 Å². The number of fused-ring (bicyclic) bond motifs is 1. The first-order chi connectivity index (χ1) is 16.0. The summed E-state index contributed by atoms with van der Waals surface area (Å²) in [6.07, 6.45) is 0.949. The molecule has 1 heterocycles. The third kappa shape index (κ3) is 7.05. The maximum absolute atomic E-state index is 12.4. The van der Waals surface area contributed by atoms with Crippen molar-refractivity contribution < 1.29 is 4.79 Å². The van der Waals surface area contributed by atoms with Gasteiger partial charge in [-0.3, -0.25) is 9.79 Å². The molecule has 3 aromatic rings. The molecule has 176 valence electrons. The van der Waals surface area contributed by atoms with Crippen LogP contribution in [-0.2, 0) is 13.1 Å². The van der Waals surface area contributed by atoms with E-state index < -0.39 is 0 Å². The molecule has 33 heavy (non-hydrogen) atoms. The number of imidazole rings is 1. The highest BCUT2D eigenvalue weighted by atomic mass is 16.1. The predicted octanol–water partition coefficient (Wildman–Crippen LogP) is 2.39. The summed E-state index contributed by atoms with van der Waals surface area (Å²) in [5, 5.41) is 9.64. The molecule has 0 saturated heterocycles. The molecule has 2 aromatic carbocycles. The van der Waals surface area contributed by atoms with Crippen LogP contribution in [0.2, 0.25) is 0 Å². The van der Waals surface area contributed by atoms with Gasteiger partial charge in [0.15, 0.2) is 5.96 Å². The van der Waals surface area contributed by atoms with Crippen molar-refractivity contribution in [2.45, 2.75) is 26.4 Å². The van der Waals surface area contributed by atoms with E-state index in [-0.39, 0.29) is 5.91 Å². The van der Waals surface area contributed by atoms with Crippen molar-refractivity contribution in [3.8, 4) is 0 Å². The van der Waals surface area contributed by atoms with Gasteiger partial charge < -0.3 is 25.4 Å². The van der Waals surface area contributed by atoms with Gasteiger partial charge in [-0.05, 0) is 57.3 Å². The van der Waals surface area contributed by atoms with Crippen molar-refractivity contribution in [3.63, 3.8) is 0 Å². The first-order valence-corrected chi connectivity index (χ1v) is 11.4. The van der Waals surface area contributed by atoms with Gasteiger partial charge in [0.1, 0.15) is 5.82 Å². The fourth-order valence-electron chi connectivity index (χ4n) is 3.65. The van der Waals surface area contributed by atoms with Crippen molar-refractivity contribution >= 4 is 22.9 Å². The Morgan fingerprint density at radius 3 is 2.67 bits per heavy atom. The summed E-state index contributed by atoms with van der Waals surface area (Å²) in [5.41, 5.74) is 3.90. The fourth-order valence-corrected chi connectivity index (χ4v) is 3.65. The van der Waals surface area contributed by atoms with Crippen LogP contribution < -0.4 is 16.0 Å². The standard InChI is InChI=1S/C25H35N7O/c1-19-30-22-11-5-6-12-23(22)32(19)15-8-13-28-25(26-2)29-18-20-9-7-10-21(17-20)24(33)27-14-16-31(3)4/h5-7,9-12,17H,8,13-16,18H2,1-4H3,(H,27,33)(H2,26,28,29).